The van der Waals surface area contributed by atoms with Gasteiger partial charge in [0.15, 0.2) is 11.6 Å². The fourth-order valence-electron chi connectivity index (χ4n) is 14.6. The van der Waals surface area contributed by atoms with Crippen LogP contribution in [0, 0.1) is 40.1 Å². The second-order valence-electron chi connectivity index (χ2n) is 37.2. The Morgan fingerprint density at radius 2 is 0.563 bits per heavy atom. The van der Waals surface area contributed by atoms with Gasteiger partial charge in [-0.15, -0.1) is 0 Å². The van der Waals surface area contributed by atoms with E-state index < -0.39 is 23.0 Å². The number of fused-ring (bicyclic) bond motifs is 12. The Labute approximate surface area is 609 Å². The van der Waals surface area contributed by atoms with Crippen molar-refractivity contribution in [3.05, 3.63) is 254 Å². The fourth-order valence-corrected chi connectivity index (χ4v) is 14.6. The number of hydrogen-bond donors (Lipinski definition) is 0. The van der Waals surface area contributed by atoms with E-state index in [1.807, 2.05) is 0 Å². The summed E-state index contributed by atoms with van der Waals surface area (Å²) >= 11 is 0. The van der Waals surface area contributed by atoms with E-state index in [0.717, 1.165) is 56.6 Å². The van der Waals surface area contributed by atoms with Crippen LogP contribution in [-0.2, 0) is 49.7 Å². The first-order chi connectivity index (χ1) is 47.8. The van der Waals surface area contributed by atoms with E-state index >= 15 is 0 Å². The number of aromatic nitrogens is 3. The fraction of sp³-hybridized carbons (Fsp3) is 0.347. The molecule has 0 spiro atoms. The third-order valence-corrected chi connectivity index (χ3v) is 21.1. The Kier molecular flexibility index (Phi) is 18.0. The molecule has 0 saturated heterocycles. The van der Waals surface area contributed by atoms with Crippen molar-refractivity contribution >= 4 is 65.4 Å². The Morgan fingerprint density at radius 3 is 0.854 bits per heavy atom. The third kappa shape index (κ3) is 13.7. The molecule has 13 aromatic rings. The molecule has 5 nitrogen and oxygen atoms in total. The van der Waals surface area contributed by atoms with Crippen LogP contribution in [0.1, 0.15) is 233 Å². The van der Waals surface area contributed by atoms with E-state index in [0.29, 0.717) is 17.7 Å². The summed E-state index contributed by atoms with van der Waals surface area (Å²) in [7, 11) is 0. The van der Waals surface area contributed by atoms with Gasteiger partial charge in [-0.05, 0) is 207 Å². The smallest absolute Gasteiger partial charge is 0.176 e. The molecule has 1 aliphatic rings. The summed E-state index contributed by atoms with van der Waals surface area (Å²) in [6.45, 7) is 55.0. The van der Waals surface area contributed by atoms with Crippen LogP contribution >= 0.6 is 0 Å². The van der Waals surface area contributed by atoms with E-state index in [4.69, 9.17) is 5.26 Å². The van der Waals surface area contributed by atoms with Crippen molar-refractivity contribution in [3.63, 3.8) is 0 Å². The van der Waals surface area contributed by atoms with Crippen molar-refractivity contribution in [2.45, 2.75) is 216 Å². The SMILES string of the molecule is CC(C)(C)c1ccc2c(c1)-c1cc(C(C)(C)C)ccc1C2.CC(C)(C)c1ccc2c(c1)c1cc(C(C)(C)C)ccc1n2-c1cc(C#N)c(-n2c3ccc(C(C)(C)C)cc3c3cc(C(C)(C)C)ccc32)c(-n2c3ccc(C(C)(C)C)cc3c3cc(C(C)(C)C)ccc32)c1.N#Cc1cc(F)cc(F)c1F. The summed E-state index contributed by atoms with van der Waals surface area (Å²) in [6, 6.07) is 65.9. The Balaban J connectivity index is 0.000000254. The van der Waals surface area contributed by atoms with Crippen LogP contribution in [0.2, 0.25) is 0 Å². The molecule has 0 radical (unpaired) electrons. The van der Waals surface area contributed by atoms with E-state index in [1.165, 1.54) is 105 Å². The van der Waals surface area contributed by atoms with E-state index in [-0.39, 0.29) is 43.3 Å². The van der Waals surface area contributed by atoms with Gasteiger partial charge in [0.25, 0.3) is 0 Å². The standard InChI is InChI=1S/C67H74N4.C21H26.C7H2F3N/c1-62(2,3)41-19-25-54-48(32-41)49-33-42(63(4,5)6)20-26-55(49)69(54)47-31-40(39-68)61(71-58-29-23-45(66(13,14)15)36-52(58)53-37-46(67(16,17)18)24-30-59(53)71)60(38-47)70-56-27-21-43(64(7,8)9)34-50(56)51-35-44(65(10,11)12)22-28-57(51)70;1-20(2,3)16-9-7-14-11-15-8-10-17(21(4,5)6)13-19(15)18(14)12-16;8-5-1-4(3-11)7(10)6(9)2-5/h19-38H,1-18H3;7-10,12-13H,11H2,1-6H3;1-2H. The zero-order valence-corrected chi connectivity index (χ0v) is 65.2. The summed E-state index contributed by atoms with van der Waals surface area (Å²) in [4.78, 5) is 0. The van der Waals surface area contributed by atoms with Crippen molar-refractivity contribution in [3.8, 4) is 40.3 Å². The molecule has 3 aromatic heterocycles. The Hall–Kier alpha value is -9.63. The zero-order chi connectivity index (χ0) is 75.1. The molecule has 528 valence electrons. The summed E-state index contributed by atoms with van der Waals surface area (Å²) in [5.74, 6) is -3.61. The summed E-state index contributed by atoms with van der Waals surface area (Å²) in [5, 5.41) is 27.3. The zero-order valence-electron chi connectivity index (χ0n) is 65.2. The van der Waals surface area contributed by atoms with E-state index in [2.05, 4.69) is 344 Å². The molecule has 0 atom stereocenters. The number of nitriles is 2. The molecular formula is C95H102F3N5. The van der Waals surface area contributed by atoms with Gasteiger partial charge >= 0.3 is 0 Å². The lowest BCUT2D eigenvalue weighted by Gasteiger charge is -2.23. The highest BCUT2D eigenvalue weighted by molar-refractivity contribution is 6.14. The summed E-state index contributed by atoms with van der Waals surface area (Å²) < 4.78 is 44.2. The lowest BCUT2D eigenvalue weighted by Crippen LogP contribution is -2.12. The van der Waals surface area contributed by atoms with E-state index in [1.54, 1.807) is 0 Å². The van der Waals surface area contributed by atoms with Crippen molar-refractivity contribution in [1.82, 2.24) is 13.7 Å². The molecular weight excluding hydrogens is 1270 g/mol. The minimum atomic E-state index is -1.35. The van der Waals surface area contributed by atoms with Gasteiger partial charge in [-0.1, -0.05) is 239 Å². The molecule has 0 amide bonds. The van der Waals surface area contributed by atoms with Crippen LogP contribution in [0.15, 0.2) is 170 Å². The summed E-state index contributed by atoms with van der Waals surface area (Å²) in [5.41, 5.74) is 25.9. The Bertz CT molecular complexity index is 5390. The quantitative estimate of drug-likeness (QED) is 0.166. The van der Waals surface area contributed by atoms with Gasteiger partial charge in [0, 0.05) is 44.1 Å². The minimum Gasteiger partial charge on any atom is -0.309 e. The normalized spacial score (nSPS) is 13.1. The highest BCUT2D eigenvalue weighted by Crippen LogP contribution is 2.47. The van der Waals surface area contributed by atoms with Crippen molar-refractivity contribution in [2.75, 3.05) is 0 Å². The van der Waals surface area contributed by atoms with E-state index in [9.17, 15) is 18.4 Å². The minimum absolute atomic E-state index is 0.0348. The van der Waals surface area contributed by atoms with Gasteiger partial charge in [0.2, 0.25) is 0 Å². The number of nitrogens with zero attached hydrogens (tertiary/aromatic N) is 5. The Morgan fingerprint density at radius 1 is 0.291 bits per heavy atom. The maximum absolute atomic E-state index is 12.4. The van der Waals surface area contributed by atoms with Gasteiger partial charge in [-0.3, -0.25) is 0 Å². The molecule has 0 N–H and O–H groups in total. The van der Waals surface area contributed by atoms with Gasteiger partial charge < -0.3 is 13.7 Å². The van der Waals surface area contributed by atoms with Crippen LogP contribution in [0.5, 0.6) is 0 Å². The molecule has 0 aliphatic heterocycles. The first-order valence-corrected chi connectivity index (χ1v) is 36.4. The van der Waals surface area contributed by atoms with Crippen LogP contribution in [0.4, 0.5) is 13.2 Å². The molecule has 8 heteroatoms. The van der Waals surface area contributed by atoms with Gasteiger partial charge in [-0.25, -0.2) is 13.2 Å². The summed E-state index contributed by atoms with van der Waals surface area (Å²) in [6.07, 6.45) is 1.08. The highest BCUT2D eigenvalue weighted by Gasteiger charge is 2.31. The molecule has 10 aromatic carbocycles. The molecule has 0 fully saturated rings. The first-order valence-electron chi connectivity index (χ1n) is 36.4. The van der Waals surface area contributed by atoms with Crippen LogP contribution in [-0.4, -0.2) is 13.7 Å². The second-order valence-corrected chi connectivity index (χ2v) is 37.2. The van der Waals surface area contributed by atoms with Gasteiger partial charge in [0.05, 0.1) is 55.6 Å². The predicted molar refractivity (Wildman–Crippen MR) is 429 cm³/mol. The lowest BCUT2D eigenvalue weighted by molar-refractivity contribution is 0.492. The van der Waals surface area contributed by atoms with Crippen LogP contribution in [0.25, 0.3) is 93.6 Å². The number of rotatable bonds is 3. The molecule has 0 saturated carbocycles. The average Bonchev–Trinajstić information content (AvgIpc) is 1.57. The molecule has 3 heterocycles. The number of benzene rings is 10. The monoisotopic (exact) mass is 1370 g/mol. The molecule has 0 bridgehead atoms. The van der Waals surface area contributed by atoms with Crippen molar-refractivity contribution in [2.24, 2.45) is 0 Å². The predicted octanol–water partition coefficient (Wildman–Crippen LogP) is 26.5. The molecule has 1 aliphatic carbocycles. The molecule has 0 unspecified atom stereocenters. The maximum atomic E-state index is 12.4. The van der Waals surface area contributed by atoms with Crippen molar-refractivity contribution < 1.29 is 13.2 Å². The topological polar surface area (TPSA) is 62.4 Å². The first kappa shape index (κ1) is 73.1. The maximum Gasteiger partial charge on any atom is 0.176 e. The number of halogens is 3. The molecule has 103 heavy (non-hydrogen) atoms. The van der Waals surface area contributed by atoms with Crippen LogP contribution < -0.4 is 0 Å². The van der Waals surface area contributed by atoms with Gasteiger partial charge in [0.1, 0.15) is 18.0 Å². The largest absolute Gasteiger partial charge is 0.309 e. The van der Waals surface area contributed by atoms with Gasteiger partial charge in [-0.2, -0.15) is 10.5 Å². The second kappa shape index (κ2) is 25.4. The highest BCUT2D eigenvalue weighted by atomic mass is 19.2. The molecule has 14 rings (SSSR count). The van der Waals surface area contributed by atoms with Crippen LogP contribution in [0.3, 0.4) is 0 Å². The lowest BCUT2D eigenvalue weighted by atomic mass is 9.83. The average molecular weight is 1370 g/mol. The number of hydrogen-bond acceptors (Lipinski definition) is 2. The third-order valence-electron chi connectivity index (χ3n) is 21.1. The van der Waals surface area contributed by atoms with Crippen molar-refractivity contribution in [1.29, 1.82) is 10.5 Å².